The Hall–Kier alpha value is -2.11. The Morgan fingerprint density at radius 2 is 1.96 bits per heavy atom. The monoisotopic (exact) mass is 373 g/mol. The highest BCUT2D eigenvalue weighted by Gasteiger charge is 2.21. The number of carbonyl (C=O) groups excluding carboxylic acids is 1. The first-order valence-corrected chi connectivity index (χ1v) is 9.43. The van der Waals surface area contributed by atoms with Gasteiger partial charge in [0.15, 0.2) is 0 Å². The average molecular weight is 374 g/mol. The highest BCUT2D eigenvalue weighted by atomic mass is 35.5. The highest BCUT2D eigenvalue weighted by molar-refractivity contribution is 7.13. The zero-order chi connectivity index (χ0) is 18.0. The minimum Gasteiger partial charge on any atom is -0.348 e. The molecule has 1 atom stereocenters. The van der Waals surface area contributed by atoms with Crippen LogP contribution in [0.4, 0.5) is 0 Å². The van der Waals surface area contributed by atoms with E-state index in [1.165, 1.54) is 0 Å². The summed E-state index contributed by atoms with van der Waals surface area (Å²) in [6.45, 7) is 6.15. The zero-order valence-corrected chi connectivity index (χ0v) is 15.9. The van der Waals surface area contributed by atoms with E-state index in [0.29, 0.717) is 22.3 Å². The third-order valence-corrected chi connectivity index (χ3v) is 5.37. The maximum atomic E-state index is 12.8. The number of para-hydroxylation sites is 1. The van der Waals surface area contributed by atoms with E-state index in [1.54, 1.807) is 22.1 Å². The lowest BCUT2D eigenvalue weighted by molar-refractivity contribution is 0.0922. The van der Waals surface area contributed by atoms with Crippen LogP contribution < -0.4 is 5.32 Å². The summed E-state index contributed by atoms with van der Waals surface area (Å²) in [5.74, 6) is 0.189. The summed E-state index contributed by atoms with van der Waals surface area (Å²) in [4.78, 5) is 13.8. The van der Waals surface area contributed by atoms with Gasteiger partial charge in [-0.25, -0.2) is 4.68 Å². The van der Waals surface area contributed by atoms with Gasteiger partial charge in [0.1, 0.15) is 11.4 Å². The molecule has 1 N–H and O–H groups in total. The van der Waals surface area contributed by atoms with Gasteiger partial charge in [-0.15, -0.1) is 11.3 Å². The van der Waals surface area contributed by atoms with Gasteiger partial charge in [-0.3, -0.25) is 4.79 Å². The standard InChI is InChI=1S/C19H20ClN3OS/c1-12(2)13(3)21-19(24)17-11-15(18-9-6-10-25-18)22-23(17)16-8-5-4-7-14(16)20/h4-13H,1-3H3,(H,21,24). The number of rotatable bonds is 5. The number of hydrogen-bond donors (Lipinski definition) is 1. The second-order valence-electron chi connectivity index (χ2n) is 6.26. The number of nitrogens with one attached hydrogen (secondary N) is 1. The molecule has 0 saturated carbocycles. The topological polar surface area (TPSA) is 46.9 Å². The summed E-state index contributed by atoms with van der Waals surface area (Å²) in [5, 5.41) is 10.2. The van der Waals surface area contributed by atoms with Gasteiger partial charge in [0.2, 0.25) is 0 Å². The molecule has 0 aliphatic heterocycles. The van der Waals surface area contributed by atoms with Crippen molar-refractivity contribution in [3.63, 3.8) is 0 Å². The maximum Gasteiger partial charge on any atom is 0.270 e. The molecule has 3 aromatic rings. The fourth-order valence-electron chi connectivity index (χ4n) is 2.34. The summed E-state index contributed by atoms with van der Waals surface area (Å²) in [6.07, 6.45) is 0. The Kier molecular flexibility index (Phi) is 5.25. The first-order chi connectivity index (χ1) is 12.0. The molecule has 1 aromatic carbocycles. The molecule has 2 aromatic heterocycles. The van der Waals surface area contributed by atoms with E-state index >= 15 is 0 Å². The SMILES string of the molecule is CC(C)C(C)NC(=O)c1cc(-c2cccs2)nn1-c1ccccc1Cl. The zero-order valence-electron chi connectivity index (χ0n) is 14.4. The highest BCUT2D eigenvalue weighted by Crippen LogP contribution is 2.28. The van der Waals surface area contributed by atoms with Crippen LogP contribution in [-0.4, -0.2) is 21.7 Å². The van der Waals surface area contributed by atoms with E-state index in [4.69, 9.17) is 11.6 Å². The molecule has 1 amide bonds. The van der Waals surface area contributed by atoms with E-state index in [-0.39, 0.29) is 11.9 Å². The molecule has 4 nitrogen and oxygen atoms in total. The van der Waals surface area contributed by atoms with Gasteiger partial charge in [0.05, 0.1) is 15.6 Å². The van der Waals surface area contributed by atoms with Crippen molar-refractivity contribution in [2.45, 2.75) is 26.8 Å². The first kappa shape index (κ1) is 17.7. The second-order valence-corrected chi connectivity index (χ2v) is 7.62. The molecule has 0 aliphatic rings. The number of hydrogen-bond acceptors (Lipinski definition) is 3. The van der Waals surface area contributed by atoms with Crippen molar-refractivity contribution in [2.75, 3.05) is 0 Å². The predicted molar refractivity (Wildman–Crippen MR) is 104 cm³/mol. The smallest absolute Gasteiger partial charge is 0.270 e. The number of aromatic nitrogens is 2. The molecule has 0 aliphatic carbocycles. The van der Waals surface area contributed by atoms with Gasteiger partial charge >= 0.3 is 0 Å². The normalized spacial score (nSPS) is 12.4. The molecule has 0 bridgehead atoms. The van der Waals surface area contributed by atoms with Crippen molar-refractivity contribution in [3.05, 3.63) is 58.6 Å². The van der Waals surface area contributed by atoms with Crippen molar-refractivity contribution in [1.82, 2.24) is 15.1 Å². The fraction of sp³-hybridized carbons (Fsp3) is 0.263. The Bertz CT molecular complexity index is 871. The van der Waals surface area contributed by atoms with Crippen molar-refractivity contribution >= 4 is 28.8 Å². The summed E-state index contributed by atoms with van der Waals surface area (Å²) < 4.78 is 1.62. The molecule has 6 heteroatoms. The molecular formula is C19H20ClN3OS. The summed E-state index contributed by atoms with van der Waals surface area (Å²) >= 11 is 7.92. The van der Waals surface area contributed by atoms with E-state index in [1.807, 2.05) is 48.7 Å². The van der Waals surface area contributed by atoms with E-state index < -0.39 is 0 Å². The van der Waals surface area contributed by atoms with Gasteiger partial charge in [-0.2, -0.15) is 5.10 Å². The van der Waals surface area contributed by atoms with Crippen LogP contribution in [0.15, 0.2) is 47.8 Å². The molecule has 3 rings (SSSR count). The van der Waals surface area contributed by atoms with E-state index in [9.17, 15) is 4.79 Å². The summed E-state index contributed by atoms with van der Waals surface area (Å²) in [7, 11) is 0. The third kappa shape index (κ3) is 3.78. The first-order valence-electron chi connectivity index (χ1n) is 8.17. The molecule has 0 fully saturated rings. The van der Waals surface area contributed by atoms with Gasteiger partial charge in [-0.05, 0) is 42.5 Å². The summed E-state index contributed by atoms with van der Waals surface area (Å²) in [6, 6.07) is 13.2. The second kappa shape index (κ2) is 7.42. The predicted octanol–water partition coefficient (Wildman–Crippen LogP) is 5.03. The number of halogens is 1. The molecule has 0 saturated heterocycles. The number of benzene rings is 1. The lowest BCUT2D eigenvalue weighted by Crippen LogP contribution is -2.37. The van der Waals surface area contributed by atoms with Gasteiger partial charge in [0, 0.05) is 6.04 Å². The molecular weight excluding hydrogens is 354 g/mol. The quantitative estimate of drug-likeness (QED) is 0.681. The fourth-order valence-corrected chi connectivity index (χ4v) is 3.24. The van der Waals surface area contributed by atoms with E-state index in [0.717, 1.165) is 10.6 Å². The van der Waals surface area contributed by atoms with Gasteiger partial charge in [-0.1, -0.05) is 43.6 Å². The van der Waals surface area contributed by atoms with Crippen LogP contribution in [-0.2, 0) is 0 Å². The molecule has 0 spiro atoms. The minimum absolute atomic E-state index is 0.0623. The van der Waals surface area contributed by atoms with Crippen LogP contribution in [0, 0.1) is 5.92 Å². The lowest BCUT2D eigenvalue weighted by Gasteiger charge is -2.17. The van der Waals surface area contributed by atoms with Crippen LogP contribution in [0.2, 0.25) is 5.02 Å². The molecule has 25 heavy (non-hydrogen) atoms. The Balaban J connectivity index is 2.06. The Morgan fingerprint density at radius 3 is 2.60 bits per heavy atom. The number of nitrogens with zero attached hydrogens (tertiary/aromatic N) is 2. The third-order valence-electron chi connectivity index (χ3n) is 4.16. The molecule has 0 radical (unpaired) electrons. The Labute approximate surface area is 156 Å². The van der Waals surface area contributed by atoms with Crippen LogP contribution in [0.5, 0.6) is 0 Å². The average Bonchev–Trinajstić information content (AvgIpc) is 3.24. The Morgan fingerprint density at radius 1 is 1.20 bits per heavy atom. The number of thiophene rings is 1. The molecule has 2 heterocycles. The van der Waals surface area contributed by atoms with Crippen LogP contribution >= 0.6 is 22.9 Å². The lowest BCUT2D eigenvalue weighted by atomic mass is 10.1. The minimum atomic E-state index is -0.156. The van der Waals surface area contributed by atoms with Crippen LogP contribution in [0.3, 0.4) is 0 Å². The molecule has 1 unspecified atom stereocenters. The van der Waals surface area contributed by atoms with Gasteiger partial charge in [0.25, 0.3) is 5.91 Å². The largest absolute Gasteiger partial charge is 0.348 e. The van der Waals surface area contributed by atoms with Crippen LogP contribution in [0.25, 0.3) is 16.3 Å². The number of carbonyl (C=O) groups is 1. The van der Waals surface area contributed by atoms with Crippen molar-refractivity contribution in [2.24, 2.45) is 5.92 Å². The van der Waals surface area contributed by atoms with Crippen LogP contribution in [0.1, 0.15) is 31.3 Å². The molecule has 130 valence electrons. The summed E-state index contributed by atoms with van der Waals surface area (Å²) in [5.41, 5.74) is 1.93. The van der Waals surface area contributed by atoms with Crippen molar-refractivity contribution in [3.8, 4) is 16.3 Å². The van der Waals surface area contributed by atoms with Crippen molar-refractivity contribution in [1.29, 1.82) is 0 Å². The van der Waals surface area contributed by atoms with Crippen molar-refractivity contribution < 1.29 is 4.79 Å². The maximum absolute atomic E-state index is 12.8. The van der Waals surface area contributed by atoms with Gasteiger partial charge < -0.3 is 5.32 Å². The number of amides is 1. The van der Waals surface area contributed by atoms with E-state index in [2.05, 4.69) is 24.3 Å².